The normalized spacial score (nSPS) is 17.9. The third-order valence-corrected chi connectivity index (χ3v) is 6.67. The predicted octanol–water partition coefficient (Wildman–Crippen LogP) is 4.44. The fourth-order valence-corrected chi connectivity index (χ4v) is 5.17. The molecule has 0 amide bonds. The molecule has 0 radical (unpaired) electrons. The van der Waals surface area contributed by atoms with Crippen molar-refractivity contribution in [3.63, 3.8) is 0 Å². The van der Waals surface area contributed by atoms with Crippen molar-refractivity contribution in [3.8, 4) is 12.3 Å². The summed E-state index contributed by atoms with van der Waals surface area (Å²) in [5.41, 5.74) is 8.40. The van der Waals surface area contributed by atoms with E-state index in [-0.39, 0.29) is 5.41 Å². The molecule has 3 nitrogen and oxygen atoms in total. The van der Waals surface area contributed by atoms with Gasteiger partial charge >= 0.3 is 0 Å². The summed E-state index contributed by atoms with van der Waals surface area (Å²) in [6.45, 7) is 8.59. The van der Waals surface area contributed by atoms with Crippen LogP contribution in [-0.2, 0) is 11.8 Å². The van der Waals surface area contributed by atoms with Crippen LogP contribution in [0.5, 0.6) is 0 Å². The van der Waals surface area contributed by atoms with Gasteiger partial charge < -0.3 is 15.2 Å². The summed E-state index contributed by atoms with van der Waals surface area (Å²) in [5, 5.41) is 5.53. The molecule has 0 spiro atoms. The molecule has 5 rings (SSSR count). The maximum atomic E-state index is 6.75. The first kappa shape index (κ1) is 17.7. The first-order valence-corrected chi connectivity index (χ1v) is 10.3. The lowest BCUT2D eigenvalue weighted by molar-refractivity contribution is 0.581. The molecule has 1 aliphatic heterocycles. The Morgan fingerprint density at radius 2 is 1.93 bits per heavy atom. The van der Waals surface area contributed by atoms with Gasteiger partial charge in [0, 0.05) is 60.2 Å². The third kappa shape index (κ3) is 2.56. The molecule has 3 aromatic rings. The number of aromatic amines is 1. The number of piperazine rings is 1. The summed E-state index contributed by atoms with van der Waals surface area (Å²) in [6, 6.07) is 10.8. The summed E-state index contributed by atoms with van der Waals surface area (Å²) < 4.78 is 0. The Morgan fingerprint density at radius 1 is 1.14 bits per heavy atom. The summed E-state index contributed by atoms with van der Waals surface area (Å²) >= 11 is 6.75. The standard InChI is InChI=1S/C24H24ClN3/c1-4-15-5-6-17-18-12-16-13-20(25)22(28-9-7-26-8-10-28)14-19(16)24(2,3)23(18)27-21(17)11-15/h1,5-6,11,13-14,26-27H,7-10,12H2,2-3H3. The van der Waals surface area contributed by atoms with Gasteiger partial charge in [-0.15, -0.1) is 6.42 Å². The smallest absolute Gasteiger partial charge is 0.0642 e. The van der Waals surface area contributed by atoms with Crippen LogP contribution in [-0.4, -0.2) is 31.2 Å². The number of anilines is 1. The van der Waals surface area contributed by atoms with Crippen LogP contribution in [0.1, 0.15) is 41.8 Å². The van der Waals surface area contributed by atoms with E-state index in [2.05, 4.69) is 59.2 Å². The highest BCUT2D eigenvalue weighted by Gasteiger charge is 2.36. The van der Waals surface area contributed by atoms with E-state index >= 15 is 0 Å². The average Bonchev–Trinajstić information content (AvgIpc) is 3.07. The summed E-state index contributed by atoms with van der Waals surface area (Å²) in [4.78, 5) is 6.08. The maximum Gasteiger partial charge on any atom is 0.0642 e. The second-order valence-corrected chi connectivity index (χ2v) is 8.79. The van der Waals surface area contributed by atoms with Crippen LogP contribution in [0.3, 0.4) is 0 Å². The number of terminal acetylenes is 1. The average molecular weight is 390 g/mol. The van der Waals surface area contributed by atoms with Crippen LogP contribution in [0, 0.1) is 12.3 Å². The molecule has 1 aromatic heterocycles. The number of rotatable bonds is 1. The minimum Gasteiger partial charge on any atom is -0.368 e. The number of hydrogen-bond donors (Lipinski definition) is 2. The van der Waals surface area contributed by atoms with Gasteiger partial charge in [0.2, 0.25) is 0 Å². The molecule has 2 N–H and O–H groups in total. The molecule has 1 saturated heterocycles. The molecule has 1 aliphatic carbocycles. The molecular formula is C24H24ClN3. The van der Waals surface area contributed by atoms with Crippen molar-refractivity contribution in [1.29, 1.82) is 0 Å². The summed E-state index contributed by atoms with van der Waals surface area (Å²) in [7, 11) is 0. The van der Waals surface area contributed by atoms with Crippen molar-refractivity contribution < 1.29 is 0 Å². The lowest BCUT2D eigenvalue weighted by Gasteiger charge is -2.36. The fourth-order valence-electron chi connectivity index (χ4n) is 4.87. The van der Waals surface area contributed by atoms with Crippen LogP contribution < -0.4 is 10.2 Å². The Morgan fingerprint density at radius 3 is 2.68 bits per heavy atom. The van der Waals surface area contributed by atoms with Crippen LogP contribution in [0.4, 0.5) is 5.69 Å². The molecule has 0 atom stereocenters. The van der Waals surface area contributed by atoms with Crippen LogP contribution in [0.2, 0.25) is 5.02 Å². The number of benzene rings is 2. The van der Waals surface area contributed by atoms with E-state index in [1.807, 2.05) is 6.07 Å². The van der Waals surface area contributed by atoms with Crippen LogP contribution >= 0.6 is 11.6 Å². The number of halogens is 1. The Labute approximate surface area is 171 Å². The number of nitrogens with zero attached hydrogens (tertiary/aromatic N) is 1. The van der Waals surface area contributed by atoms with Gasteiger partial charge in [0.25, 0.3) is 0 Å². The molecule has 4 heteroatoms. The van der Waals surface area contributed by atoms with E-state index in [1.54, 1.807) is 0 Å². The SMILES string of the molecule is C#Cc1ccc2c3c([nH]c2c1)C(C)(C)c1cc(N2CCNCC2)c(Cl)cc1C3. The molecular weight excluding hydrogens is 366 g/mol. The van der Waals surface area contributed by atoms with Crippen molar-refractivity contribution in [2.45, 2.75) is 25.7 Å². The summed E-state index contributed by atoms with van der Waals surface area (Å²) in [5.74, 6) is 2.74. The van der Waals surface area contributed by atoms with Gasteiger partial charge in [-0.05, 0) is 41.0 Å². The maximum absolute atomic E-state index is 6.75. The molecule has 2 heterocycles. The second kappa shape index (κ2) is 6.30. The number of hydrogen-bond acceptors (Lipinski definition) is 2. The van der Waals surface area contributed by atoms with E-state index in [0.717, 1.165) is 54.4 Å². The van der Waals surface area contributed by atoms with Gasteiger partial charge in [0.05, 0.1) is 10.7 Å². The molecule has 2 aromatic carbocycles. The Kier molecular flexibility index (Phi) is 3.98. The Balaban J connectivity index is 1.66. The third-order valence-electron chi connectivity index (χ3n) is 6.37. The van der Waals surface area contributed by atoms with Gasteiger partial charge in [-0.25, -0.2) is 0 Å². The fraction of sp³-hybridized carbons (Fsp3) is 0.333. The van der Waals surface area contributed by atoms with Crippen LogP contribution in [0.15, 0.2) is 30.3 Å². The lowest BCUT2D eigenvalue weighted by Crippen LogP contribution is -2.43. The van der Waals surface area contributed by atoms with E-state index in [1.165, 1.54) is 27.8 Å². The molecule has 28 heavy (non-hydrogen) atoms. The molecule has 0 unspecified atom stereocenters. The van der Waals surface area contributed by atoms with E-state index in [0.29, 0.717) is 0 Å². The highest BCUT2D eigenvalue weighted by molar-refractivity contribution is 6.33. The van der Waals surface area contributed by atoms with E-state index in [4.69, 9.17) is 18.0 Å². The van der Waals surface area contributed by atoms with E-state index in [9.17, 15) is 0 Å². The highest BCUT2D eigenvalue weighted by atomic mass is 35.5. The minimum atomic E-state index is -0.119. The largest absolute Gasteiger partial charge is 0.368 e. The Bertz CT molecular complexity index is 1130. The van der Waals surface area contributed by atoms with Gasteiger partial charge in [-0.3, -0.25) is 0 Å². The van der Waals surface area contributed by atoms with Crippen molar-refractivity contribution >= 4 is 28.2 Å². The zero-order valence-corrected chi connectivity index (χ0v) is 17.1. The van der Waals surface area contributed by atoms with Crippen LogP contribution in [0.25, 0.3) is 10.9 Å². The second-order valence-electron chi connectivity index (χ2n) is 8.38. The first-order valence-electron chi connectivity index (χ1n) is 9.89. The Hall–Kier alpha value is -2.41. The quantitative estimate of drug-likeness (QED) is 0.603. The molecule has 142 valence electrons. The molecule has 1 fully saturated rings. The van der Waals surface area contributed by atoms with Gasteiger partial charge in [-0.1, -0.05) is 37.4 Å². The van der Waals surface area contributed by atoms with Crippen molar-refractivity contribution in [2.24, 2.45) is 0 Å². The number of fused-ring (bicyclic) bond motifs is 4. The highest BCUT2D eigenvalue weighted by Crippen LogP contribution is 2.46. The van der Waals surface area contributed by atoms with Gasteiger partial charge in [0.1, 0.15) is 0 Å². The van der Waals surface area contributed by atoms with Crippen molar-refractivity contribution in [2.75, 3.05) is 31.1 Å². The van der Waals surface area contributed by atoms with Crippen molar-refractivity contribution in [3.05, 3.63) is 63.3 Å². The monoisotopic (exact) mass is 389 g/mol. The topological polar surface area (TPSA) is 31.1 Å². The van der Waals surface area contributed by atoms with Crippen molar-refractivity contribution in [1.82, 2.24) is 10.3 Å². The molecule has 0 saturated carbocycles. The predicted molar refractivity (Wildman–Crippen MR) is 118 cm³/mol. The number of nitrogens with one attached hydrogen (secondary N) is 2. The number of H-pyrrole nitrogens is 1. The zero-order valence-electron chi connectivity index (χ0n) is 16.3. The summed E-state index contributed by atoms with van der Waals surface area (Å²) in [6.07, 6.45) is 6.50. The number of aromatic nitrogens is 1. The van der Waals surface area contributed by atoms with Gasteiger partial charge in [0.15, 0.2) is 0 Å². The van der Waals surface area contributed by atoms with E-state index < -0.39 is 0 Å². The molecule has 0 bridgehead atoms. The lowest BCUT2D eigenvalue weighted by atomic mass is 9.71. The first-order chi connectivity index (χ1) is 13.5. The minimum absolute atomic E-state index is 0.119. The zero-order chi connectivity index (χ0) is 19.5. The molecule has 2 aliphatic rings. The van der Waals surface area contributed by atoms with Gasteiger partial charge in [-0.2, -0.15) is 0 Å².